The molecule has 12 nitrogen and oxygen atoms in total. The number of hydrogen-bond donors (Lipinski definition) is 6. The number of aromatic hydroxyl groups is 1. The number of carboxylic acids is 1. The Morgan fingerprint density at radius 2 is 1.83 bits per heavy atom. The van der Waals surface area contributed by atoms with E-state index in [4.69, 9.17) is 18.9 Å². The van der Waals surface area contributed by atoms with Crippen LogP contribution in [0.3, 0.4) is 0 Å². The standard InChI is InChI=1S/C23H28O12/c1-23(31)7-6-12-13(19(28)29)9-32-21(15(12)23)35-22-18(17(27)16(26)14(8-24)33-22)34-20(30)10-2-4-11(25)5-3-10/h2-5,9,12,14-18,21-22,24-27,31H,6-8H2,1H3,(H,28,29)/t12-,14-,15-,16-,17+,18-,21+,22+,23+/m1/s1. The highest BCUT2D eigenvalue weighted by Gasteiger charge is 2.56. The van der Waals surface area contributed by atoms with Crippen molar-refractivity contribution in [1.82, 2.24) is 0 Å². The van der Waals surface area contributed by atoms with Crippen molar-refractivity contribution in [3.63, 3.8) is 0 Å². The van der Waals surface area contributed by atoms with E-state index in [1.807, 2.05) is 0 Å². The molecule has 12 heteroatoms. The van der Waals surface area contributed by atoms with Crippen LogP contribution in [-0.2, 0) is 23.7 Å². The number of esters is 1. The first-order valence-corrected chi connectivity index (χ1v) is 11.1. The predicted octanol–water partition coefficient (Wildman–Crippen LogP) is -0.525. The molecule has 1 aliphatic carbocycles. The maximum Gasteiger partial charge on any atom is 0.338 e. The van der Waals surface area contributed by atoms with Gasteiger partial charge in [-0.2, -0.15) is 0 Å². The van der Waals surface area contributed by atoms with Crippen molar-refractivity contribution in [3.8, 4) is 5.75 Å². The van der Waals surface area contributed by atoms with Gasteiger partial charge in [0.05, 0.1) is 35.5 Å². The molecular weight excluding hydrogens is 468 g/mol. The lowest BCUT2D eigenvalue weighted by Crippen LogP contribution is -2.62. The molecule has 0 aromatic heterocycles. The van der Waals surface area contributed by atoms with E-state index in [0.717, 1.165) is 6.26 Å². The molecular formula is C23H28O12. The van der Waals surface area contributed by atoms with Crippen molar-refractivity contribution < 1.29 is 59.2 Å². The highest BCUT2D eigenvalue weighted by atomic mass is 16.8. The molecule has 192 valence electrons. The first kappa shape index (κ1) is 25.4. The number of phenols is 1. The summed E-state index contributed by atoms with van der Waals surface area (Å²) < 4.78 is 22.4. The molecule has 2 fully saturated rings. The molecule has 0 bridgehead atoms. The van der Waals surface area contributed by atoms with Crippen molar-refractivity contribution in [3.05, 3.63) is 41.7 Å². The van der Waals surface area contributed by atoms with Gasteiger partial charge in [0.15, 0.2) is 6.10 Å². The Balaban J connectivity index is 1.60. The maximum atomic E-state index is 12.7. The summed E-state index contributed by atoms with van der Waals surface area (Å²) in [7, 11) is 0. The Morgan fingerprint density at radius 3 is 2.46 bits per heavy atom. The molecule has 0 amide bonds. The normalized spacial score (nSPS) is 38.7. The minimum atomic E-state index is -1.72. The van der Waals surface area contributed by atoms with Crippen LogP contribution < -0.4 is 0 Å². The molecule has 0 spiro atoms. The molecule has 0 unspecified atom stereocenters. The number of carbonyl (C=O) groups excluding carboxylic acids is 1. The fourth-order valence-corrected chi connectivity index (χ4v) is 4.91. The number of aliphatic hydroxyl groups is 4. The van der Waals surface area contributed by atoms with Gasteiger partial charge in [0.1, 0.15) is 24.1 Å². The molecule has 4 rings (SSSR count). The highest BCUT2D eigenvalue weighted by Crippen LogP contribution is 2.49. The Morgan fingerprint density at radius 1 is 1.14 bits per heavy atom. The van der Waals surface area contributed by atoms with E-state index in [2.05, 4.69) is 0 Å². The van der Waals surface area contributed by atoms with E-state index in [1.165, 1.54) is 31.2 Å². The lowest BCUT2D eigenvalue weighted by molar-refractivity contribution is -0.345. The third-order valence-electron chi connectivity index (χ3n) is 6.82. The number of rotatable bonds is 6. The number of carboxylic acid groups (broad SMARTS) is 1. The summed E-state index contributed by atoms with van der Waals surface area (Å²) in [5, 5.41) is 60.4. The summed E-state index contributed by atoms with van der Waals surface area (Å²) >= 11 is 0. The average molecular weight is 496 g/mol. The zero-order chi connectivity index (χ0) is 25.5. The van der Waals surface area contributed by atoms with Gasteiger partial charge in [-0.05, 0) is 44.0 Å². The molecule has 9 atom stereocenters. The molecule has 35 heavy (non-hydrogen) atoms. The van der Waals surface area contributed by atoms with Gasteiger partial charge in [-0.25, -0.2) is 9.59 Å². The number of hydrogen-bond acceptors (Lipinski definition) is 11. The second kappa shape index (κ2) is 9.72. The quantitative estimate of drug-likeness (QED) is 0.276. The van der Waals surface area contributed by atoms with Crippen molar-refractivity contribution >= 4 is 11.9 Å². The molecule has 1 aromatic carbocycles. The van der Waals surface area contributed by atoms with Crippen LogP contribution in [0.15, 0.2) is 36.1 Å². The van der Waals surface area contributed by atoms with Gasteiger partial charge in [-0.15, -0.1) is 0 Å². The predicted molar refractivity (Wildman–Crippen MR) is 114 cm³/mol. The molecule has 0 radical (unpaired) electrons. The Bertz CT molecular complexity index is 973. The number of benzene rings is 1. The second-order valence-electron chi connectivity index (χ2n) is 9.17. The molecule has 1 saturated carbocycles. The summed E-state index contributed by atoms with van der Waals surface area (Å²) in [6.45, 7) is 0.844. The summed E-state index contributed by atoms with van der Waals surface area (Å²) in [4.78, 5) is 24.3. The number of carbonyl (C=O) groups is 2. The van der Waals surface area contributed by atoms with Gasteiger partial charge in [0.2, 0.25) is 12.6 Å². The molecule has 2 aliphatic heterocycles. The van der Waals surface area contributed by atoms with Crippen molar-refractivity contribution in [2.75, 3.05) is 6.61 Å². The lowest BCUT2D eigenvalue weighted by Gasteiger charge is -2.45. The first-order chi connectivity index (χ1) is 16.5. The zero-order valence-electron chi connectivity index (χ0n) is 18.8. The molecule has 3 aliphatic rings. The van der Waals surface area contributed by atoms with Gasteiger partial charge >= 0.3 is 11.9 Å². The van der Waals surface area contributed by atoms with E-state index < -0.39 is 73.0 Å². The van der Waals surface area contributed by atoms with Gasteiger partial charge in [-0.3, -0.25) is 0 Å². The maximum absolute atomic E-state index is 12.7. The SMILES string of the molecule is C[C@]1(O)CC[C@@H]2C(C(=O)O)=CO[C@@H](O[C@@H]3O[C@H](CO)[C@@H](O)[C@H](O)[C@H]3OC(=O)c3ccc(O)cc3)[C@@H]21. The minimum Gasteiger partial charge on any atom is -0.508 e. The van der Waals surface area contributed by atoms with E-state index in [9.17, 15) is 40.2 Å². The fourth-order valence-electron chi connectivity index (χ4n) is 4.91. The largest absolute Gasteiger partial charge is 0.508 e. The van der Waals surface area contributed by atoms with Gasteiger partial charge < -0.3 is 49.6 Å². The molecule has 1 saturated heterocycles. The van der Waals surface area contributed by atoms with Crippen LogP contribution >= 0.6 is 0 Å². The third-order valence-corrected chi connectivity index (χ3v) is 6.82. The average Bonchev–Trinajstić information content (AvgIpc) is 3.14. The van der Waals surface area contributed by atoms with Crippen LogP contribution in [0, 0.1) is 11.8 Å². The van der Waals surface area contributed by atoms with Gasteiger partial charge in [0, 0.05) is 5.92 Å². The van der Waals surface area contributed by atoms with E-state index in [0.29, 0.717) is 6.42 Å². The van der Waals surface area contributed by atoms with Crippen LogP contribution in [0.5, 0.6) is 5.75 Å². The summed E-state index contributed by atoms with van der Waals surface area (Å²) in [5.41, 5.74) is -1.34. The Labute approximate surface area is 199 Å². The summed E-state index contributed by atoms with van der Waals surface area (Å²) in [6, 6.07) is 5.11. The van der Waals surface area contributed by atoms with E-state index in [1.54, 1.807) is 0 Å². The Kier molecular flexibility index (Phi) is 7.04. The van der Waals surface area contributed by atoms with Crippen LogP contribution in [0.2, 0.25) is 0 Å². The number of fused-ring (bicyclic) bond motifs is 1. The topological polar surface area (TPSA) is 192 Å². The minimum absolute atomic E-state index is 0.0174. The van der Waals surface area contributed by atoms with Crippen LogP contribution in [0.25, 0.3) is 0 Å². The molecule has 2 heterocycles. The van der Waals surface area contributed by atoms with Crippen LogP contribution in [-0.4, -0.2) is 91.8 Å². The smallest absolute Gasteiger partial charge is 0.338 e. The highest BCUT2D eigenvalue weighted by molar-refractivity contribution is 5.89. The monoisotopic (exact) mass is 496 g/mol. The van der Waals surface area contributed by atoms with E-state index >= 15 is 0 Å². The van der Waals surface area contributed by atoms with Gasteiger partial charge in [0.25, 0.3) is 0 Å². The third kappa shape index (κ3) is 4.85. The number of aliphatic hydroxyl groups excluding tert-OH is 3. The Hall–Kier alpha value is -2.74. The molecule has 6 N–H and O–H groups in total. The zero-order valence-corrected chi connectivity index (χ0v) is 18.8. The summed E-state index contributed by atoms with van der Waals surface area (Å²) in [5.74, 6) is -3.60. The van der Waals surface area contributed by atoms with E-state index in [-0.39, 0.29) is 23.3 Å². The number of aliphatic carboxylic acids is 1. The first-order valence-electron chi connectivity index (χ1n) is 11.1. The van der Waals surface area contributed by atoms with Crippen LogP contribution in [0.4, 0.5) is 0 Å². The molecule has 1 aromatic rings. The fraction of sp³-hybridized carbons (Fsp3) is 0.565. The van der Waals surface area contributed by atoms with Crippen molar-refractivity contribution in [1.29, 1.82) is 0 Å². The van der Waals surface area contributed by atoms with Crippen LogP contribution in [0.1, 0.15) is 30.1 Å². The van der Waals surface area contributed by atoms with Crippen molar-refractivity contribution in [2.45, 2.75) is 62.4 Å². The van der Waals surface area contributed by atoms with Gasteiger partial charge in [-0.1, -0.05) is 0 Å². The summed E-state index contributed by atoms with van der Waals surface area (Å²) in [6.07, 6.45) is -7.32. The number of ether oxygens (including phenoxy) is 4. The second-order valence-corrected chi connectivity index (χ2v) is 9.17. The van der Waals surface area contributed by atoms with Crippen molar-refractivity contribution in [2.24, 2.45) is 11.8 Å². The number of phenolic OH excluding ortho intramolecular Hbond substituents is 1. The lowest BCUT2D eigenvalue weighted by atomic mass is 9.81.